The second-order valence-electron chi connectivity index (χ2n) is 2.53. The van der Waals surface area contributed by atoms with Gasteiger partial charge in [-0.15, -0.1) is 10.2 Å². The van der Waals surface area contributed by atoms with Gasteiger partial charge in [0.2, 0.25) is 0 Å². The van der Waals surface area contributed by atoms with E-state index in [0.717, 1.165) is 0 Å². The fraction of sp³-hybridized carbons (Fsp3) is 0.125. The van der Waals surface area contributed by atoms with Gasteiger partial charge in [0.15, 0.2) is 0 Å². The number of nitrogens with zero attached hydrogens (tertiary/aromatic N) is 3. The minimum atomic E-state index is -1.15. The summed E-state index contributed by atoms with van der Waals surface area (Å²) in [6, 6.07) is 7.16. The Morgan fingerprint density at radius 2 is 2.00 bits per heavy atom. The molecule has 1 heterocycles. The first-order chi connectivity index (χ1) is 6.22. The van der Waals surface area contributed by atoms with Gasteiger partial charge < -0.3 is 0 Å². The first-order valence-corrected chi connectivity index (χ1v) is 4.37. The van der Waals surface area contributed by atoms with E-state index in [1.165, 1.54) is 6.34 Å². The zero-order chi connectivity index (χ0) is 9.31. The van der Waals surface area contributed by atoms with Gasteiger partial charge in [-0.1, -0.05) is 41.4 Å². The smallest absolute Gasteiger partial charge is 0.221 e. The van der Waals surface area contributed by atoms with Crippen molar-refractivity contribution in [2.75, 3.05) is 0 Å². The minimum absolute atomic E-state index is 0.538. The fourth-order valence-electron chi connectivity index (χ4n) is 1.07. The van der Waals surface area contributed by atoms with E-state index in [2.05, 4.69) is 15.2 Å². The van der Waals surface area contributed by atoms with E-state index < -0.39 is 5.12 Å². The molecule has 0 radical (unpaired) electrons. The number of azo groups is 1. The molecule has 0 spiro atoms. The van der Waals surface area contributed by atoms with Gasteiger partial charge >= 0.3 is 0 Å². The summed E-state index contributed by atoms with van der Waals surface area (Å²) in [6.07, 6.45) is 1.32. The predicted molar refractivity (Wildman–Crippen MR) is 52.3 cm³/mol. The highest BCUT2D eigenvalue weighted by atomic mass is 35.5. The highest BCUT2D eigenvalue weighted by molar-refractivity contribution is 6.33. The van der Waals surface area contributed by atoms with Gasteiger partial charge in [0, 0.05) is 10.6 Å². The third kappa shape index (κ3) is 1.45. The zero-order valence-electron chi connectivity index (χ0n) is 6.48. The zero-order valence-corrected chi connectivity index (χ0v) is 8.00. The lowest BCUT2D eigenvalue weighted by Gasteiger charge is -2.13. The molecule has 3 nitrogen and oxygen atoms in total. The lowest BCUT2D eigenvalue weighted by atomic mass is 10.2. The molecule has 0 amide bonds. The van der Waals surface area contributed by atoms with Crippen LogP contribution in [0.25, 0.3) is 0 Å². The van der Waals surface area contributed by atoms with E-state index in [9.17, 15) is 0 Å². The monoisotopic (exact) mass is 213 g/mol. The average Bonchev–Trinajstić information content (AvgIpc) is 2.54. The SMILES string of the molecule is Clc1ccccc1C1(Cl)N=CN=N1. The molecule has 0 aliphatic carbocycles. The number of rotatable bonds is 1. The molecule has 0 N–H and O–H groups in total. The molecule has 66 valence electrons. The normalized spacial score (nSPS) is 25.4. The van der Waals surface area contributed by atoms with Crippen molar-refractivity contribution in [1.82, 2.24) is 0 Å². The largest absolute Gasteiger partial charge is 0.274 e. The molecular weight excluding hydrogens is 209 g/mol. The summed E-state index contributed by atoms with van der Waals surface area (Å²) in [5, 5.41) is 6.76. The Bertz CT molecular complexity index is 375. The summed E-state index contributed by atoms with van der Waals surface area (Å²) in [5.41, 5.74) is 0.649. The van der Waals surface area contributed by atoms with Crippen LogP contribution in [0.5, 0.6) is 0 Å². The second kappa shape index (κ2) is 3.09. The molecule has 1 aliphatic rings. The topological polar surface area (TPSA) is 37.1 Å². The van der Waals surface area contributed by atoms with Crippen molar-refractivity contribution in [2.24, 2.45) is 15.2 Å². The third-order valence-electron chi connectivity index (χ3n) is 1.69. The molecule has 1 aliphatic heterocycles. The number of hydrogen-bond donors (Lipinski definition) is 0. The van der Waals surface area contributed by atoms with Crippen molar-refractivity contribution in [3.63, 3.8) is 0 Å². The Balaban J connectivity index is 2.52. The number of alkyl halides is 1. The second-order valence-corrected chi connectivity index (χ2v) is 3.46. The van der Waals surface area contributed by atoms with E-state index in [0.29, 0.717) is 10.6 Å². The molecule has 1 unspecified atom stereocenters. The Hall–Kier alpha value is -0.930. The van der Waals surface area contributed by atoms with Crippen LogP contribution in [-0.2, 0) is 5.12 Å². The summed E-state index contributed by atoms with van der Waals surface area (Å²) in [5.74, 6) is 0. The summed E-state index contributed by atoms with van der Waals surface area (Å²) in [4.78, 5) is 3.92. The van der Waals surface area contributed by atoms with Crippen LogP contribution in [0.15, 0.2) is 39.5 Å². The molecule has 2 rings (SSSR count). The standard InChI is InChI=1S/C8H5Cl2N3/c9-7-4-2-1-3-6(7)8(10)11-5-12-13-8/h1-5H. The van der Waals surface area contributed by atoms with Gasteiger partial charge in [0.05, 0.1) is 0 Å². The molecule has 0 saturated carbocycles. The number of hydrogen-bond acceptors (Lipinski definition) is 3. The van der Waals surface area contributed by atoms with E-state index in [1.54, 1.807) is 12.1 Å². The van der Waals surface area contributed by atoms with Gasteiger partial charge in [0.25, 0.3) is 5.12 Å². The quantitative estimate of drug-likeness (QED) is 0.508. The van der Waals surface area contributed by atoms with Gasteiger partial charge in [-0.05, 0) is 6.07 Å². The van der Waals surface area contributed by atoms with Crippen LogP contribution in [0.2, 0.25) is 5.02 Å². The number of halogens is 2. The Labute approximate surface area is 85.1 Å². The summed E-state index contributed by atoms with van der Waals surface area (Å²) < 4.78 is 0. The van der Waals surface area contributed by atoms with Gasteiger partial charge in [-0.3, -0.25) is 0 Å². The van der Waals surface area contributed by atoms with E-state index >= 15 is 0 Å². The Kier molecular flexibility index (Phi) is 2.06. The number of benzene rings is 1. The summed E-state index contributed by atoms with van der Waals surface area (Å²) >= 11 is 12.0. The van der Waals surface area contributed by atoms with Crippen molar-refractivity contribution in [3.05, 3.63) is 34.9 Å². The molecule has 1 aromatic rings. The first kappa shape index (κ1) is 8.66. The molecular formula is C8H5Cl2N3. The molecule has 0 bridgehead atoms. The van der Waals surface area contributed by atoms with Crippen LogP contribution < -0.4 is 0 Å². The van der Waals surface area contributed by atoms with Crippen LogP contribution >= 0.6 is 23.2 Å². The summed E-state index contributed by atoms with van der Waals surface area (Å²) in [7, 11) is 0. The van der Waals surface area contributed by atoms with Crippen LogP contribution in [0.1, 0.15) is 5.56 Å². The average molecular weight is 214 g/mol. The fourth-order valence-corrected chi connectivity index (χ4v) is 1.64. The maximum absolute atomic E-state index is 6.06. The lowest BCUT2D eigenvalue weighted by molar-refractivity contribution is 0.681. The van der Waals surface area contributed by atoms with Crippen LogP contribution in [0, 0.1) is 0 Å². The van der Waals surface area contributed by atoms with Crippen molar-refractivity contribution in [2.45, 2.75) is 5.12 Å². The Morgan fingerprint density at radius 1 is 1.23 bits per heavy atom. The first-order valence-electron chi connectivity index (χ1n) is 3.62. The van der Waals surface area contributed by atoms with Gasteiger partial charge in [-0.25, -0.2) is 4.99 Å². The molecule has 1 aromatic carbocycles. The maximum Gasteiger partial charge on any atom is 0.274 e. The van der Waals surface area contributed by atoms with E-state index in [1.807, 2.05) is 12.1 Å². The van der Waals surface area contributed by atoms with Gasteiger partial charge in [0.1, 0.15) is 6.34 Å². The molecule has 0 fully saturated rings. The van der Waals surface area contributed by atoms with Crippen molar-refractivity contribution in [3.8, 4) is 0 Å². The lowest BCUT2D eigenvalue weighted by Crippen LogP contribution is -2.09. The molecule has 13 heavy (non-hydrogen) atoms. The van der Waals surface area contributed by atoms with Gasteiger partial charge in [-0.2, -0.15) is 0 Å². The minimum Gasteiger partial charge on any atom is -0.221 e. The molecule has 0 saturated heterocycles. The van der Waals surface area contributed by atoms with Crippen LogP contribution in [-0.4, -0.2) is 6.34 Å². The van der Waals surface area contributed by atoms with Crippen LogP contribution in [0.3, 0.4) is 0 Å². The van der Waals surface area contributed by atoms with E-state index in [4.69, 9.17) is 23.2 Å². The maximum atomic E-state index is 6.06. The highest BCUT2D eigenvalue weighted by Crippen LogP contribution is 2.38. The predicted octanol–water partition coefficient (Wildman–Crippen LogP) is 3.18. The van der Waals surface area contributed by atoms with Crippen molar-refractivity contribution < 1.29 is 0 Å². The summed E-state index contributed by atoms with van der Waals surface area (Å²) in [6.45, 7) is 0. The van der Waals surface area contributed by atoms with Crippen molar-refractivity contribution in [1.29, 1.82) is 0 Å². The molecule has 0 aromatic heterocycles. The third-order valence-corrected chi connectivity index (χ3v) is 2.39. The van der Waals surface area contributed by atoms with E-state index in [-0.39, 0.29) is 0 Å². The Morgan fingerprint density at radius 3 is 2.62 bits per heavy atom. The van der Waals surface area contributed by atoms with Crippen LogP contribution in [0.4, 0.5) is 0 Å². The molecule has 1 atom stereocenters. The molecule has 5 heteroatoms. The van der Waals surface area contributed by atoms with Crippen molar-refractivity contribution >= 4 is 29.5 Å². The number of aliphatic imine (C=N–C) groups is 1. The highest BCUT2D eigenvalue weighted by Gasteiger charge is 2.32.